The summed E-state index contributed by atoms with van der Waals surface area (Å²) in [5.74, 6) is 0.167. The number of nitrogens with zero attached hydrogens (tertiary/aromatic N) is 2. The van der Waals surface area contributed by atoms with Crippen LogP contribution in [0.2, 0.25) is 0 Å². The molecular formula is C15H20N4O2. The fraction of sp³-hybridized carbons (Fsp3) is 0.467. The number of anilines is 3. The van der Waals surface area contributed by atoms with Crippen LogP contribution in [0.15, 0.2) is 12.1 Å². The fourth-order valence-corrected chi connectivity index (χ4v) is 2.97. The Hall–Kier alpha value is -2.24. The van der Waals surface area contributed by atoms with Gasteiger partial charge in [0.15, 0.2) is 0 Å². The molecule has 0 aromatic heterocycles. The van der Waals surface area contributed by atoms with Gasteiger partial charge in [0, 0.05) is 45.2 Å². The smallest absolute Gasteiger partial charge is 0.224 e. The largest absolute Gasteiger partial charge is 0.397 e. The predicted molar refractivity (Wildman–Crippen MR) is 82.3 cm³/mol. The molecule has 2 heterocycles. The van der Waals surface area contributed by atoms with Gasteiger partial charge in [-0.15, -0.1) is 0 Å². The highest BCUT2D eigenvalue weighted by Crippen LogP contribution is 2.33. The van der Waals surface area contributed by atoms with Gasteiger partial charge < -0.3 is 20.9 Å². The minimum atomic E-state index is 0.0460. The molecule has 0 atom stereocenters. The number of nitrogen functional groups attached to an aromatic ring is 1. The van der Waals surface area contributed by atoms with E-state index >= 15 is 0 Å². The van der Waals surface area contributed by atoms with Crippen molar-refractivity contribution >= 4 is 28.9 Å². The lowest BCUT2D eigenvalue weighted by molar-refractivity contribution is -0.129. The van der Waals surface area contributed by atoms with Crippen molar-refractivity contribution in [3.8, 4) is 0 Å². The normalized spacial score (nSPS) is 18.2. The molecule has 0 spiro atoms. The SMILES string of the molecule is CC(=O)N1CCN(c2cc3c(cc2N)NC(=O)CC3)CC1. The number of hydrogen-bond acceptors (Lipinski definition) is 4. The lowest BCUT2D eigenvalue weighted by atomic mass is 10.0. The molecule has 0 aliphatic carbocycles. The van der Waals surface area contributed by atoms with Crippen molar-refractivity contribution in [1.29, 1.82) is 0 Å². The van der Waals surface area contributed by atoms with E-state index in [0.717, 1.165) is 49.5 Å². The maximum atomic E-state index is 11.4. The average Bonchev–Trinajstić information content (AvgIpc) is 2.46. The molecule has 6 nitrogen and oxygen atoms in total. The van der Waals surface area contributed by atoms with E-state index in [-0.39, 0.29) is 11.8 Å². The zero-order chi connectivity index (χ0) is 15.0. The molecule has 0 unspecified atom stereocenters. The molecule has 3 N–H and O–H groups in total. The summed E-state index contributed by atoms with van der Waals surface area (Å²) < 4.78 is 0. The van der Waals surface area contributed by atoms with Crippen LogP contribution in [-0.2, 0) is 16.0 Å². The zero-order valence-electron chi connectivity index (χ0n) is 12.2. The van der Waals surface area contributed by atoms with Crippen LogP contribution in [-0.4, -0.2) is 42.9 Å². The number of nitrogens with two attached hydrogens (primary N) is 1. The van der Waals surface area contributed by atoms with Gasteiger partial charge in [0.25, 0.3) is 0 Å². The summed E-state index contributed by atoms with van der Waals surface area (Å²) in [4.78, 5) is 26.9. The molecule has 2 amide bonds. The number of aryl methyl sites for hydroxylation is 1. The molecular weight excluding hydrogens is 268 g/mol. The van der Waals surface area contributed by atoms with Gasteiger partial charge in [-0.1, -0.05) is 0 Å². The number of hydrogen-bond donors (Lipinski definition) is 2. The molecule has 112 valence electrons. The van der Waals surface area contributed by atoms with Crippen molar-refractivity contribution in [3.05, 3.63) is 17.7 Å². The Balaban J connectivity index is 1.80. The van der Waals surface area contributed by atoms with Gasteiger partial charge >= 0.3 is 0 Å². The third-order valence-electron chi connectivity index (χ3n) is 4.21. The summed E-state index contributed by atoms with van der Waals surface area (Å²) in [5, 5.41) is 2.86. The van der Waals surface area contributed by atoms with Crippen LogP contribution in [0.4, 0.5) is 17.1 Å². The molecule has 0 bridgehead atoms. The van der Waals surface area contributed by atoms with Crippen LogP contribution >= 0.6 is 0 Å². The number of piperazine rings is 1. The van der Waals surface area contributed by atoms with Gasteiger partial charge in [-0.25, -0.2) is 0 Å². The number of amides is 2. The van der Waals surface area contributed by atoms with Gasteiger partial charge in [-0.05, 0) is 24.1 Å². The fourth-order valence-electron chi connectivity index (χ4n) is 2.97. The number of fused-ring (bicyclic) bond motifs is 1. The number of benzene rings is 1. The highest BCUT2D eigenvalue weighted by atomic mass is 16.2. The summed E-state index contributed by atoms with van der Waals surface area (Å²) in [6, 6.07) is 3.92. The second-order valence-electron chi connectivity index (χ2n) is 5.61. The molecule has 1 saturated heterocycles. The van der Waals surface area contributed by atoms with Gasteiger partial charge in [0.2, 0.25) is 11.8 Å². The highest BCUT2D eigenvalue weighted by Gasteiger charge is 2.23. The first-order valence-corrected chi connectivity index (χ1v) is 7.27. The van der Waals surface area contributed by atoms with E-state index in [1.807, 2.05) is 11.0 Å². The standard InChI is InChI=1S/C15H20N4O2/c1-10(20)18-4-6-19(7-5-18)14-8-11-2-3-15(21)17-13(11)9-12(14)16/h8-9H,2-7,16H2,1H3,(H,17,21). The van der Waals surface area contributed by atoms with E-state index in [1.165, 1.54) is 0 Å². The Kier molecular flexibility index (Phi) is 3.45. The van der Waals surface area contributed by atoms with Crippen LogP contribution in [0.5, 0.6) is 0 Å². The number of nitrogens with one attached hydrogen (secondary N) is 1. The zero-order valence-corrected chi connectivity index (χ0v) is 12.2. The second kappa shape index (κ2) is 5.27. The van der Waals surface area contributed by atoms with E-state index in [9.17, 15) is 9.59 Å². The second-order valence-corrected chi connectivity index (χ2v) is 5.61. The number of carbonyl (C=O) groups excluding carboxylic acids is 2. The molecule has 1 aromatic rings. The van der Waals surface area contributed by atoms with Gasteiger partial charge in [0.1, 0.15) is 0 Å². The number of carbonyl (C=O) groups is 2. The monoisotopic (exact) mass is 288 g/mol. The van der Waals surface area contributed by atoms with Crippen molar-refractivity contribution in [3.63, 3.8) is 0 Å². The van der Waals surface area contributed by atoms with Crippen LogP contribution < -0.4 is 16.0 Å². The van der Waals surface area contributed by atoms with E-state index in [0.29, 0.717) is 12.1 Å². The first kappa shape index (κ1) is 13.7. The Morgan fingerprint density at radius 1 is 1.19 bits per heavy atom. The van der Waals surface area contributed by atoms with Gasteiger partial charge in [0.05, 0.1) is 11.4 Å². The van der Waals surface area contributed by atoms with Crippen molar-refractivity contribution in [2.24, 2.45) is 0 Å². The Morgan fingerprint density at radius 2 is 1.90 bits per heavy atom. The third kappa shape index (κ3) is 2.66. The first-order chi connectivity index (χ1) is 10.0. The molecule has 2 aliphatic rings. The molecule has 0 radical (unpaired) electrons. The van der Waals surface area contributed by atoms with Gasteiger partial charge in [-0.2, -0.15) is 0 Å². The Labute approximate surface area is 123 Å². The first-order valence-electron chi connectivity index (χ1n) is 7.27. The minimum absolute atomic E-state index is 0.0460. The molecule has 2 aliphatic heterocycles. The van der Waals surface area contributed by atoms with Crippen LogP contribution in [0, 0.1) is 0 Å². The summed E-state index contributed by atoms with van der Waals surface area (Å²) in [6.07, 6.45) is 1.27. The van der Waals surface area contributed by atoms with Crippen LogP contribution in [0.3, 0.4) is 0 Å². The van der Waals surface area contributed by atoms with Gasteiger partial charge in [-0.3, -0.25) is 9.59 Å². The summed E-state index contributed by atoms with van der Waals surface area (Å²) >= 11 is 0. The molecule has 1 fully saturated rings. The van der Waals surface area contributed by atoms with Crippen LogP contribution in [0.25, 0.3) is 0 Å². The van der Waals surface area contributed by atoms with E-state index in [4.69, 9.17) is 5.73 Å². The van der Waals surface area contributed by atoms with E-state index in [1.54, 1.807) is 6.92 Å². The van der Waals surface area contributed by atoms with E-state index < -0.39 is 0 Å². The topological polar surface area (TPSA) is 78.7 Å². The minimum Gasteiger partial charge on any atom is -0.397 e. The number of rotatable bonds is 1. The molecule has 21 heavy (non-hydrogen) atoms. The lowest BCUT2D eigenvalue weighted by Gasteiger charge is -2.36. The third-order valence-corrected chi connectivity index (χ3v) is 4.21. The van der Waals surface area contributed by atoms with Crippen molar-refractivity contribution in [2.45, 2.75) is 19.8 Å². The quantitative estimate of drug-likeness (QED) is 0.750. The molecule has 0 saturated carbocycles. The Morgan fingerprint density at radius 3 is 2.57 bits per heavy atom. The maximum absolute atomic E-state index is 11.4. The van der Waals surface area contributed by atoms with Crippen molar-refractivity contribution in [2.75, 3.05) is 42.1 Å². The van der Waals surface area contributed by atoms with Crippen molar-refractivity contribution < 1.29 is 9.59 Å². The summed E-state index contributed by atoms with van der Waals surface area (Å²) in [6.45, 7) is 4.63. The molecule has 6 heteroatoms. The summed E-state index contributed by atoms with van der Waals surface area (Å²) in [7, 11) is 0. The molecule has 1 aromatic carbocycles. The molecule has 3 rings (SSSR count). The average molecular weight is 288 g/mol. The maximum Gasteiger partial charge on any atom is 0.224 e. The highest BCUT2D eigenvalue weighted by molar-refractivity contribution is 5.95. The van der Waals surface area contributed by atoms with Crippen molar-refractivity contribution in [1.82, 2.24) is 4.90 Å². The Bertz CT molecular complexity index is 592. The lowest BCUT2D eigenvalue weighted by Crippen LogP contribution is -2.48. The van der Waals surface area contributed by atoms with Crippen LogP contribution in [0.1, 0.15) is 18.9 Å². The predicted octanol–water partition coefficient (Wildman–Crippen LogP) is 0.822. The summed E-state index contributed by atoms with van der Waals surface area (Å²) in [5.41, 5.74) is 9.78. The van der Waals surface area contributed by atoms with E-state index in [2.05, 4.69) is 16.3 Å².